The smallest absolute Gasteiger partial charge is 0.216 e. The molecule has 11 heavy (non-hydrogen) atoms. The maximum absolute atomic E-state index is 12.8. The number of rotatable bonds is 3. The first kappa shape index (κ1) is 8.18. The highest BCUT2D eigenvalue weighted by molar-refractivity contribution is 5.10. The van der Waals surface area contributed by atoms with E-state index < -0.39 is 0 Å². The molecule has 0 saturated heterocycles. The summed E-state index contributed by atoms with van der Waals surface area (Å²) in [5.41, 5.74) is 0.731. The zero-order valence-electron chi connectivity index (χ0n) is 6.68. The van der Waals surface area contributed by atoms with Crippen molar-refractivity contribution in [2.24, 2.45) is 0 Å². The minimum atomic E-state index is -0.319. The molecule has 0 saturated carbocycles. The van der Waals surface area contributed by atoms with E-state index in [0.717, 1.165) is 24.8 Å². The SMILES string of the molecule is CCCCc1cccnc1F. The highest BCUT2D eigenvalue weighted by atomic mass is 19.1. The van der Waals surface area contributed by atoms with Gasteiger partial charge in [-0.3, -0.25) is 0 Å². The summed E-state index contributed by atoms with van der Waals surface area (Å²) in [4.78, 5) is 3.57. The van der Waals surface area contributed by atoms with Crippen LogP contribution in [0.1, 0.15) is 25.3 Å². The number of halogens is 1. The largest absolute Gasteiger partial charge is 0.228 e. The van der Waals surface area contributed by atoms with Crippen LogP contribution in [0.25, 0.3) is 0 Å². The minimum Gasteiger partial charge on any atom is -0.228 e. The molecule has 0 N–H and O–H groups in total. The van der Waals surface area contributed by atoms with Gasteiger partial charge in [0.2, 0.25) is 5.95 Å². The van der Waals surface area contributed by atoms with Crippen LogP contribution in [0, 0.1) is 5.95 Å². The normalized spacial score (nSPS) is 10.0. The zero-order chi connectivity index (χ0) is 8.10. The minimum absolute atomic E-state index is 0.319. The molecule has 1 rings (SSSR count). The van der Waals surface area contributed by atoms with E-state index in [9.17, 15) is 4.39 Å². The maximum Gasteiger partial charge on any atom is 0.216 e. The molecular weight excluding hydrogens is 141 g/mol. The fourth-order valence-electron chi connectivity index (χ4n) is 0.973. The molecule has 0 aliphatic heterocycles. The van der Waals surface area contributed by atoms with Crippen LogP contribution < -0.4 is 0 Å². The highest BCUT2D eigenvalue weighted by Crippen LogP contribution is 2.06. The van der Waals surface area contributed by atoms with E-state index in [4.69, 9.17) is 0 Å². The van der Waals surface area contributed by atoms with Crippen molar-refractivity contribution < 1.29 is 4.39 Å². The van der Waals surface area contributed by atoms with Crippen molar-refractivity contribution in [3.63, 3.8) is 0 Å². The van der Waals surface area contributed by atoms with Crippen LogP contribution in [0.15, 0.2) is 18.3 Å². The molecule has 1 heterocycles. The van der Waals surface area contributed by atoms with E-state index in [1.54, 1.807) is 12.1 Å². The van der Waals surface area contributed by atoms with Crippen molar-refractivity contribution in [2.45, 2.75) is 26.2 Å². The van der Waals surface area contributed by atoms with Gasteiger partial charge in [0.25, 0.3) is 0 Å². The van der Waals surface area contributed by atoms with Gasteiger partial charge in [0, 0.05) is 11.8 Å². The molecule has 1 nitrogen and oxygen atoms in total. The number of nitrogens with zero attached hydrogens (tertiary/aromatic N) is 1. The molecule has 0 aliphatic rings. The Morgan fingerprint density at radius 1 is 1.55 bits per heavy atom. The number of pyridine rings is 1. The summed E-state index contributed by atoms with van der Waals surface area (Å²) in [6.07, 6.45) is 4.40. The second kappa shape index (κ2) is 4.06. The molecule has 0 aromatic carbocycles. The Morgan fingerprint density at radius 3 is 3.00 bits per heavy atom. The Kier molecular flexibility index (Phi) is 3.02. The second-order valence-electron chi connectivity index (χ2n) is 2.56. The summed E-state index contributed by atoms with van der Waals surface area (Å²) in [5.74, 6) is -0.319. The van der Waals surface area contributed by atoms with Gasteiger partial charge in [0.15, 0.2) is 0 Å². The Morgan fingerprint density at radius 2 is 2.36 bits per heavy atom. The van der Waals surface area contributed by atoms with E-state index in [1.807, 2.05) is 0 Å². The van der Waals surface area contributed by atoms with Crippen LogP contribution >= 0.6 is 0 Å². The quantitative estimate of drug-likeness (QED) is 0.608. The van der Waals surface area contributed by atoms with Gasteiger partial charge in [-0.15, -0.1) is 0 Å². The molecule has 0 fully saturated rings. The molecule has 0 amide bonds. The standard InChI is InChI=1S/C9H12FN/c1-2-3-5-8-6-4-7-11-9(8)10/h4,6-7H,2-3,5H2,1H3. The van der Waals surface area contributed by atoms with E-state index in [2.05, 4.69) is 11.9 Å². The predicted molar refractivity (Wildman–Crippen MR) is 42.8 cm³/mol. The number of hydrogen-bond donors (Lipinski definition) is 0. The zero-order valence-corrected chi connectivity index (χ0v) is 6.68. The van der Waals surface area contributed by atoms with Crippen LogP contribution in [0.2, 0.25) is 0 Å². The van der Waals surface area contributed by atoms with Crippen molar-refractivity contribution in [1.82, 2.24) is 4.98 Å². The van der Waals surface area contributed by atoms with E-state index in [1.165, 1.54) is 6.20 Å². The van der Waals surface area contributed by atoms with Crippen molar-refractivity contribution >= 4 is 0 Å². The number of unbranched alkanes of at least 4 members (excludes halogenated alkanes) is 1. The number of aromatic nitrogens is 1. The predicted octanol–water partition coefficient (Wildman–Crippen LogP) is 2.56. The average molecular weight is 153 g/mol. The second-order valence-corrected chi connectivity index (χ2v) is 2.56. The topological polar surface area (TPSA) is 12.9 Å². The van der Waals surface area contributed by atoms with Gasteiger partial charge in [-0.2, -0.15) is 4.39 Å². The summed E-state index contributed by atoms with van der Waals surface area (Å²) >= 11 is 0. The first-order valence-corrected chi connectivity index (χ1v) is 3.94. The Hall–Kier alpha value is -0.920. The van der Waals surface area contributed by atoms with Gasteiger partial charge >= 0.3 is 0 Å². The Bertz CT molecular complexity index is 223. The molecular formula is C9H12FN. The van der Waals surface area contributed by atoms with Crippen molar-refractivity contribution in [2.75, 3.05) is 0 Å². The molecule has 1 aromatic rings. The van der Waals surface area contributed by atoms with Gasteiger partial charge in [-0.05, 0) is 18.9 Å². The first-order valence-electron chi connectivity index (χ1n) is 3.94. The van der Waals surface area contributed by atoms with Crippen LogP contribution in [0.3, 0.4) is 0 Å². The fourth-order valence-corrected chi connectivity index (χ4v) is 0.973. The van der Waals surface area contributed by atoms with Gasteiger partial charge < -0.3 is 0 Å². The summed E-state index contributed by atoms with van der Waals surface area (Å²) in [6, 6.07) is 3.56. The molecule has 0 atom stereocenters. The van der Waals surface area contributed by atoms with Crippen molar-refractivity contribution in [3.8, 4) is 0 Å². The van der Waals surface area contributed by atoms with Gasteiger partial charge in [-0.25, -0.2) is 4.98 Å². The van der Waals surface area contributed by atoms with E-state index >= 15 is 0 Å². The summed E-state index contributed by atoms with van der Waals surface area (Å²) in [6.45, 7) is 2.09. The molecule has 0 spiro atoms. The van der Waals surface area contributed by atoms with Gasteiger partial charge in [0.1, 0.15) is 0 Å². The Balaban J connectivity index is 2.62. The average Bonchev–Trinajstić information content (AvgIpc) is 2.03. The summed E-state index contributed by atoms with van der Waals surface area (Å²) in [5, 5.41) is 0. The van der Waals surface area contributed by atoms with Crippen molar-refractivity contribution in [1.29, 1.82) is 0 Å². The molecule has 0 bridgehead atoms. The number of hydrogen-bond acceptors (Lipinski definition) is 1. The van der Waals surface area contributed by atoms with Crippen LogP contribution in [0.4, 0.5) is 4.39 Å². The van der Waals surface area contributed by atoms with Crippen LogP contribution in [-0.4, -0.2) is 4.98 Å². The molecule has 60 valence electrons. The lowest BCUT2D eigenvalue weighted by Crippen LogP contribution is -1.92. The van der Waals surface area contributed by atoms with Crippen LogP contribution in [0.5, 0.6) is 0 Å². The molecule has 2 heteroatoms. The number of aryl methyl sites for hydroxylation is 1. The third-order valence-corrected chi connectivity index (χ3v) is 1.64. The summed E-state index contributed by atoms with van der Waals surface area (Å²) in [7, 11) is 0. The van der Waals surface area contributed by atoms with Gasteiger partial charge in [0.05, 0.1) is 0 Å². The maximum atomic E-state index is 12.8. The van der Waals surface area contributed by atoms with Gasteiger partial charge in [-0.1, -0.05) is 19.4 Å². The highest BCUT2D eigenvalue weighted by Gasteiger charge is 1.99. The molecule has 1 aromatic heterocycles. The lowest BCUT2D eigenvalue weighted by molar-refractivity contribution is 0.561. The van der Waals surface area contributed by atoms with Crippen molar-refractivity contribution in [3.05, 3.63) is 29.8 Å². The summed E-state index contributed by atoms with van der Waals surface area (Å²) < 4.78 is 12.8. The third kappa shape index (κ3) is 2.30. The lowest BCUT2D eigenvalue weighted by Gasteiger charge is -1.98. The van der Waals surface area contributed by atoms with E-state index in [-0.39, 0.29) is 5.95 Å². The third-order valence-electron chi connectivity index (χ3n) is 1.64. The Labute approximate surface area is 66.3 Å². The molecule has 0 unspecified atom stereocenters. The monoisotopic (exact) mass is 153 g/mol. The molecule has 0 radical (unpaired) electrons. The first-order chi connectivity index (χ1) is 5.34. The lowest BCUT2D eigenvalue weighted by atomic mass is 10.1. The fraction of sp³-hybridized carbons (Fsp3) is 0.444. The van der Waals surface area contributed by atoms with E-state index in [0.29, 0.717) is 0 Å². The molecule has 0 aliphatic carbocycles. The van der Waals surface area contributed by atoms with Crippen LogP contribution in [-0.2, 0) is 6.42 Å².